The van der Waals surface area contributed by atoms with Crippen molar-refractivity contribution in [2.24, 2.45) is 5.92 Å². The number of esters is 1. The first-order valence-electron chi connectivity index (χ1n) is 8.60. The van der Waals surface area contributed by atoms with Crippen molar-refractivity contribution in [1.29, 1.82) is 0 Å². The number of likely N-dealkylation sites (tertiary alicyclic amines) is 1. The van der Waals surface area contributed by atoms with E-state index in [-0.39, 0.29) is 18.6 Å². The number of carboxylic acid groups (broad SMARTS) is 1. The number of nitrogens with zero attached hydrogens (tertiary/aromatic N) is 1. The van der Waals surface area contributed by atoms with Gasteiger partial charge in [-0.25, -0.2) is 4.79 Å². The molecule has 1 heterocycles. The van der Waals surface area contributed by atoms with E-state index in [1.807, 2.05) is 32.9 Å². The van der Waals surface area contributed by atoms with Gasteiger partial charge in [-0.1, -0.05) is 12.1 Å². The highest BCUT2D eigenvalue weighted by Crippen LogP contribution is 2.29. The van der Waals surface area contributed by atoms with E-state index in [0.717, 1.165) is 36.1 Å². The Bertz CT molecular complexity index is 620. The zero-order valence-corrected chi connectivity index (χ0v) is 15.4. The summed E-state index contributed by atoms with van der Waals surface area (Å²) in [6.07, 6.45) is 1.64. The van der Waals surface area contributed by atoms with Crippen LogP contribution in [0.1, 0.15) is 36.5 Å². The lowest BCUT2D eigenvalue weighted by Crippen LogP contribution is -2.45. The van der Waals surface area contributed by atoms with E-state index in [1.165, 1.54) is 7.11 Å². The average molecular weight is 349 g/mol. The van der Waals surface area contributed by atoms with E-state index in [1.54, 1.807) is 0 Å². The lowest BCUT2D eigenvalue weighted by atomic mass is 9.90. The molecule has 2 rings (SSSR count). The molecule has 0 aromatic heterocycles. The van der Waals surface area contributed by atoms with Crippen LogP contribution in [0.2, 0.25) is 0 Å². The van der Waals surface area contributed by atoms with Gasteiger partial charge in [0, 0.05) is 12.6 Å². The summed E-state index contributed by atoms with van der Waals surface area (Å²) < 4.78 is 10.2. The summed E-state index contributed by atoms with van der Waals surface area (Å²) >= 11 is 0. The molecule has 0 radical (unpaired) electrons. The molecule has 2 atom stereocenters. The molecular formula is C19H27NO5. The maximum atomic E-state index is 11.4. The number of methoxy groups -OCH3 is 1. The van der Waals surface area contributed by atoms with Crippen molar-refractivity contribution < 1.29 is 24.2 Å². The van der Waals surface area contributed by atoms with Crippen molar-refractivity contribution in [3.8, 4) is 5.75 Å². The van der Waals surface area contributed by atoms with Gasteiger partial charge in [-0.3, -0.25) is 9.69 Å². The Labute approximate surface area is 148 Å². The molecule has 0 amide bonds. The van der Waals surface area contributed by atoms with E-state index in [9.17, 15) is 14.7 Å². The zero-order valence-electron chi connectivity index (χ0n) is 15.4. The standard InChI is InChI=1S/C19H27NO5/c1-12-8-15(9-13(2)18(12)25-11-17(21)24-4)10-20-7-5-6-16(14(20)3)19(22)23/h8-9,14,16H,5-7,10-11H2,1-4H3,(H,22,23)/t14-,16-/m0/s1. The Morgan fingerprint density at radius 3 is 2.48 bits per heavy atom. The highest BCUT2D eigenvalue weighted by atomic mass is 16.6. The third kappa shape index (κ3) is 4.72. The van der Waals surface area contributed by atoms with Gasteiger partial charge >= 0.3 is 11.9 Å². The molecule has 1 aromatic rings. The van der Waals surface area contributed by atoms with Crippen molar-refractivity contribution in [3.05, 3.63) is 28.8 Å². The lowest BCUT2D eigenvalue weighted by molar-refractivity contribution is -0.146. The summed E-state index contributed by atoms with van der Waals surface area (Å²) in [5.41, 5.74) is 3.04. The molecule has 6 nitrogen and oxygen atoms in total. The molecule has 1 aromatic carbocycles. The van der Waals surface area contributed by atoms with Crippen LogP contribution in [0.4, 0.5) is 0 Å². The van der Waals surface area contributed by atoms with Crippen molar-refractivity contribution >= 4 is 11.9 Å². The quantitative estimate of drug-likeness (QED) is 0.796. The molecule has 0 spiro atoms. The van der Waals surface area contributed by atoms with Gasteiger partial charge < -0.3 is 14.6 Å². The van der Waals surface area contributed by atoms with Crippen molar-refractivity contribution in [1.82, 2.24) is 4.90 Å². The van der Waals surface area contributed by atoms with Crippen LogP contribution in [-0.4, -0.2) is 48.2 Å². The number of piperidine rings is 1. The SMILES string of the molecule is COC(=O)COc1c(C)cc(CN2CCC[C@H](C(=O)O)[C@@H]2C)cc1C. The molecule has 1 fully saturated rings. The second-order valence-electron chi connectivity index (χ2n) is 6.72. The minimum absolute atomic E-state index is 0.0158. The van der Waals surface area contributed by atoms with Crippen LogP contribution >= 0.6 is 0 Å². The number of aliphatic carboxylic acids is 1. The number of aryl methyl sites for hydroxylation is 2. The van der Waals surface area contributed by atoms with E-state index in [2.05, 4.69) is 9.64 Å². The van der Waals surface area contributed by atoms with Crippen molar-refractivity contribution in [2.45, 2.75) is 46.2 Å². The van der Waals surface area contributed by atoms with E-state index in [4.69, 9.17) is 4.74 Å². The van der Waals surface area contributed by atoms with Crippen LogP contribution in [0.15, 0.2) is 12.1 Å². The summed E-state index contributed by atoms with van der Waals surface area (Å²) in [6.45, 7) is 7.39. The predicted octanol–water partition coefficient (Wildman–Crippen LogP) is 2.54. The molecular weight excluding hydrogens is 322 g/mol. The Morgan fingerprint density at radius 1 is 1.28 bits per heavy atom. The second kappa shape index (κ2) is 8.34. The van der Waals surface area contributed by atoms with Crippen LogP contribution in [0.3, 0.4) is 0 Å². The van der Waals surface area contributed by atoms with Gasteiger partial charge in [0.2, 0.25) is 0 Å². The summed E-state index contributed by atoms with van der Waals surface area (Å²) in [6, 6.07) is 4.09. The third-order valence-corrected chi connectivity index (χ3v) is 4.90. The van der Waals surface area contributed by atoms with Crippen molar-refractivity contribution in [2.75, 3.05) is 20.3 Å². The van der Waals surface area contributed by atoms with E-state index >= 15 is 0 Å². The molecule has 1 aliphatic rings. The Balaban J connectivity index is 2.10. The van der Waals surface area contributed by atoms with Gasteiger partial charge in [0.1, 0.15) is 5.75 Å². The van der Waals surface area contributed by atoms with Gasteiger partial charge in [-0.05, 0) is 56.8 Å². The normalized spacial score (nSPS) is 21.0. The highest BCUT2D eigenvalue weighted by molar-refractivity contribution is 5.71. The summed E-state index contributed by atoms with van der Waals surface area (Å²) in [4.78, 5) is 24.9. The monoisotopic (exact) mass is 349 g/mol. The van der Waals surface area contributed by atoms with Gasteiger partial charge in [-0.2, -0.15) is 0 Å². The number of ether oxygens (including phenoxy) is 2. The second-order valence-corrected chi connectivity index (χ2v) is 6.72. The molecule has 138 valence electrons. The molecule has 1 N–H and O–H groups in total. The maximum absolute atomic E-state index is 11.4. The molecule has 25 heavy (non-hydrogen) atoms. The van der Waals surface area contributed by atoms with Crippen LogP contribution in [0, 0.1) is 19.8 Å². The van der Waals surface area contributed by atoms with Gasteiger partial charge in [0.25, 0.3) is 0 Å². The Hall–Kier alpha value is -2.08. The fraction of sp³-hybridized carbons (Fsp3) is 0.579. The molecule has 0 saturated carbocycles. The van der Waals surface area contributed by atoms with Crippen LogP contribution in [0.5, 0.6) is 5.75 Å². The van der Waals surface area contributed by atoms with Crippen LogP contribution in [0.25, 0.3) is 0 Å². The van der Waals surface area contributed by atoms with Gasteiger partial charge in [0.15, 0.2) is 6.61 Å². The smallest absolute Gasteiger partial charge is 0.343 e. The molecule has 1 aliphatic heterocycles. The van der Waals surface area contributed by atoms with Crippen molar-refractivity contribution in [3.63, 3.8) is 0 Å². The number of hydrogen-bond donors (Lipinski definition) is 1. The maximum Gasteiger partial charge on any atom is 0.343 e. The number of hydrogen-bond acceptors (Lipinski definition) is 5. The van der Waals surface area contributed by atoms with E-state index in [0.29, 0.717) is 12.3 Å². The van der Waals surface area contributed by atoms with E-state index < -0.39 is 11.9 Å². The van der Waals surface area contributed by atoms with Gasteiger partial charge in [-0.15, -0.1) is 0 Å². The summed E-state index contributed by atoms with van der Waals surface area (Å²) in [5.74, 6) is -0.733. The Kier molecular flexibility index (Phi) is 6.42. The fourth-order valence-electron chi connectivity index (χ4n) is 3.55. The molecule has 0 aliphatic carbocycles. The summed E-state index contributed by atoms with van der Waals surface area (Å²) in [5, 5.41) is 9.36. The highest BCUT2D eigenvalue weighted by Gasteiger charge is 2.32. The van der Waals surface area contributed by atoms with Gasteiger partial charge in [0.05, 0.1) is 13.0 Å². The topological polar surface area (TPSA) is 76.1 Å². The molecule has 1 saturated heterocycles. The number of carbonyl (C=O) groups excluding carboxylic acids is 1. The van der Waals surface area contributed by atoms with Crippen LogP contribution in [-0.2, 0) is 20.9 Å². The first-order valence-corrected chi connectivity index (χ1v) is 8.60. The number of carboxylic acids is 1. The average Bonchev–Trinajstić information content (AvgIpc) is 2.55. The molecule has 0 unspecified atom stereocenters. The lowest BCUT2D eigenvalue weighted by Gasteiger charge is -2.37. The number of benzene rings is 1. The summed E-state index contributed by atoms with van der Waals surface area (Å²) in [7, 11) is 1.33. The zero-order chi connectivity index (χ0) is 18.6. The first-order chi connectivity index (χ1) is 11.8. The minimum atomic E-state index is -0.712. The fourth-order valence-corrected chi connectivity index (χ4v) is 3.55. The largest absolute Gasteiger partial charge is 0.481 e. The number of rotatable bonds is 6. The third-order valence-electron chi connectivity index (χ3n) is 4.90. The van der Waals surface area contributed by atoms with Crippen LogP contribution < -0.4 is 4.74 Å². The molecule has 0 bridgehead atoms. The number of carbonyl (C=O) groups is 2. The predicted molar refractivity (Wildman–Crippen MR) is 93.7 cm³/mol. The first kappa shape index (κ1) is 19.2. The molecule has 6 heteroatoms. The minimum Gasteiger partial charge on any atom is -0.481 e. The Morgan fingerprint density at radius 2 is 1.92 bits per heavy atom.